The van der Waals surface area contributed by atoms with Gasteiger partial charge in [-0.15, -0.1) is 0 Å². The highest BCUT2D eigenvalue weighted by molar-refractivity contribution is 9.10. The number of carbonyl (C=O) groups excluding carboxylic acids is 1. The molecule has 0 aliphatic carbocycles. The van der Waals surface area contributed by atoms with E-state index in [9.17, 15) is 4.79 Å². The van der Waals surface area contributed by atoms with Gasteiger partial charge in [-0.05, 0) is 46.1 Å². The van der Waals surface area contributed by atoms with E-state index < -0.39 is 0 Å². The summed E-state index contributed by atoms with van der Waals surface area (Å²) < 4.78 is 0.841. The van der Waals surface area contributed by atoms with Gasteiger partial charge in [-0.1, -0.05) is 15.9 Å². The van der Waals surface area contributed by atoms with Gasteiger partial charge in [0.05, 0.1) is 5.56 Å². The van der Waals surface area contributed by atoms with Crippen LogP contribution in [0.1, 0.15) is 24.2 Å². The number of halogens is 1. The molecule has 1 rings (SSSR count). The Morgan fingerprint density at radius 3 is 2.61 bits per heavy atom. The maximum Gasteiger partial charge on any atom is 0.253 e. The summed E-state index contributed by atoms with van der Waals surface area (Å²) in [4.78, 5) is 14.1. The summed E-state index contributed by atoms with van der Waals surface area (Å²) in [7, 11) is 3.97. The van der Waals surface area contributed by atoms with Crippen molar-refractivity contribution in [1.29, 1.82) is 0 Å². The fraction of sp³-hybridized carbons (Fsp3) is 0.462. The van der Waals surface area contributed by atoms with Gasteiger partial charge in [0.15, 0.2) is 0 Å². The summed E-state index contributed by atoms with van der Waals surface area (Å²) in [6.07, 6.45) is 0. The number of amides is 1. The van der Waals surface area contributed by atoms with Gasteiger partial charge in [0.1, 0.15) is 0 Å². The molecule has 4 nitrogen and oxygen atoms in total. The summed E-state index contributed by atoms with van der Waals surface area (Å²) in [5.74, 6) is -0.149. The SMILES string of the molecule is CN(C)C(C)(C)CNC(=O)c1cc(Br)ccc1N. The molecular weight excluding hydrogens is 294 g/mol. The topological polar surface area (TPSA) is 58.4 Å². The van der Waals surface area contributed by atoms with Gasteiger partial charge in [0.25, 0.3) is 5.91 Å². The lowest BCUT2D eigenvalue weighted by Crippen LogP contribution is -2.48. The molecule has 100 valence electrons. The normalized spacial score (nSPS) is 11.7. The van der Waals surface area contributed by atoms with Gasteiger partial charge >= 0.3 is 0 Å². The van der Waals surface area contributed by atoms with Crippen LogP contribution in [0.5, 0.6) is 0 Å². The molecule has 18 heavy (non-hydrogen) atoms. The zero-order valence-electron chi connectivity index (χ0n) is 11.2. The third-order valence-electron chi connectivity index (χ3n) is 3.15. The number of benzene rings is 1. The number of rotatable bonds is 4. The molecule has 0 unspecified atom stereocenters. The van der Waals surface area contributed by atoms with E-state index in [4.69, 9.17) is 5.73 Å². The van der Waals surface area contributed by atoms with Crippen LogP contribution in [0.15, 0.2) is 22.7 Å². The van der Waals surface area contributed by atoms with E-state index >= 15 is 0 Å². The van der Waals surface area contributed by atoms with E-state index in [1.54, 1.807) is 12.1 Å². The first-order valence-corrected chi connectivity index (χ1v) is 6.54. The van der Waals surface area contributed by atoms with Crippen molar-refractivity contribution >= 4 is 27.5 Å². The molecular formula is C13H20BrN3O. The Hall–Kier alpha value is -1.07. The molecule has 0 bridgehead atoms. The van der Waals surface area contributed by atoms with E-state index in [2.05, 4.69) is 40.0 Å². The van der Waals surface area contributed by atoms with Crippen LogP contribution in [0.3, 0.4) is 0 Å². The van der Waals surface area contributed by atoms with Gasteiger partial charge in [-0.3, -0.25) is 4.79 Å². The van der Waals surface area contributed by atoms with E-state index in [0.717, 1.165) is 4.47 Å². The molecule has 0 saturated heterocycles. The molecule has 0 spiro atoms. The van der Waals surface area contributed by atoms with Crippen molar-refractivity contribution in [3.63, 3.8) is 0 Å². The fourth-order valence-corrected chi connectivity index (χ4v) is 1.64. The second-order valence-electron chi connectivity index (χ2n) is 5.12. The Kier molecular flexibility index (Phi) is 4.76. The highest BCUT2D eigenvalue weighted by atomic mass is 79.9. The van der Waals surface area contributed by atoms with E-state index in [0.29, 0.717) is 17.8 Å². The van der Waals surface area contributed by atoms with Crippen molar-refractivity contribution in [2.75, 3.05) is 26.4 Å². The summed E-state index contributed by atoms with van der Waals surface area (Å²) in [5.41, 5.74) is 6.68. The van der Waals surface area contributed by atoms with Crippen LogP contribution in [-0.2, 0) is 0 Å². The van der Waals surface area contributed by atoms with Crippen LogP contribution < -0.4 is 11.1 Å². The molecule has 0 fully saturated rings. The van der Waals surface area contributed by atoms with Crippen LogP contribution >= 0.6 is 15.9 Å². The van der Waals surface area contributed by atoms with E-state index in [-0.39, 0.29) is 11.4 Å². The lowest BCUT2D eigenvalue weighted by atomic mass is 10.0. The van der Waals surface area contributed by atoms with Crippen LogP contribution in [0, 0.1) is 0 Å². The van der Waals surface area contributed by atoms with E-state index in [1.807, 2.05) is 20.2 Å². The highest BCUT2D eigenvalue weighted by Gasteiger charge is 2.21. The van der Waals surface area contributed by atoms with Crippen molar-refractivity contribution < 1.29 is 4.79 Å². The van der Waals surface area contributed by atoms with Gasteiger partial charge in [0, 0.05) is 22.2 Å². The van der Waals surface area contributed by atoms with E-state index in [1.165, 1.54) is 0 Å². The number of nitrogens with one attached hydrogen (secondary N) is 1. The van der Waals surface area contributed by atoms with Crippen molar-refractivity contribution in [3.8, 4) is 0 Å². The maximum atomic E-state index is 12.1. The zero-order valence-corrected chi connectivity index (χ0v) is 12.8. The molecule has 5 heteroatoms. The molecule has 1 amide bonds. The molecule has 0 atom stereocenters. The Balaban J connectivity index is 2.75. The third kappa shape index (κ3) is 3.71. The molecule has 0 aliphatic heterocycles. The minimum atomic E-state index is -0.149. The monoisotopic (exact) mass is 313 g/mol. The third-order valence-corrected chi connectivity index (χ3v) is 3.65. The Morgan fingerprint density at radius 2 is 2.06 bits per heavy atom. The van der Waals surface area contributed by atoms with Crippen molar-refractivity contribution in [2.24, 2.45) is 0 Å². The largest absolute Gasteiger partial charge is 0.398 e. The number of carbonyl (C=O) groups is 1. The Bertz CT molecular complexity index is 444. The van der Waals surface area contributed by atoms with Gasteiger partial charge in [-0.2, -0.15) is 0 Å². The van der Waals surface area contributed by atoms with Crippen molar-refractivity contribution in [3.05, 3.63) is 28.2 Å². The Labute approximate surface area is 117 Å². The van der Waals surface area contributed by atoms with Gasteiger partial charge < -0.3 is 16.0 Å². The summed E-state index contributed by atoms with van der Waals surface area (Å²) in [6.45, 7) is 4.69. The molecule has 0 aliphatic rings. The lowest BCUT2D eigenvalue weighted by molar-refractivity contribution is 0.0920. The summed E-state index contributed by atoms with van der Waals surface area (Å²) in [6, 6.07) is 5.26. The number of nitrogen functional groups attached to an aromatic ring is 1. The zero-order chi connectivity index (χ0) is 13.9. The van der Waals surface area contributed by atoms with Crippen LogP contribution in [0.2, 0.25) is 0 Å². The first-order valence-electron chi connectivity index (χ1n) is 5.74. The second kappa shape index (κ2) is 5.71. The number of nitrogens with two attached hydrogens (primary N) is 1. The van der Waals surface area contributed by atoms with Crippen molar-refractivity contribution in [1.82, 2.24) is 10.2 Å². The minimum absolute atomic E-state index is 0.101. The maximum absolute atomic E-state index is 12.1. The molecule has 0 aromatic heterocycles. The number of hydrogen-bond donors (Lipinski definition) is 2. The molecule has 1 aromatic rings. The number of hydrogen-bond acceptors (Lipinski definition) is 3. The number of anilines is 1. The minimum Gasteiger partial charge on any atom is -0.398 e. The predicted octanol–water partition coefficient (Wildman–Crippen LogP) is 2.10. The Morgan fingerprint density at radius 1 is 1.44 bits per heavy atom. The molecule has 0 heterocycles. The van der Waals surface area contributed by atoms with Gasteiger partial charge in [0.2, 0.25) is 0 Å². The molecule has 1 aromatic carbocycles. The molecule has 3 N–H and O–H groups in total. The fourth-order valence-electron chi connectivity index (χ4n) is 1.28. The summed E-state index contributed by atoms with van der Waals surface area (Å²) >= 11 is 3.33. The average molecular weight is 314 g/mol. The van der Waals surface area contributed by atoms with Crippen molar-refractivity contribution in [2.45, 2.75) is 19.4 Å². The standard InChI is InChI=1S/C13H20BrN3O/c1-13(2,17(3)4)8-16-12(18)10-7-9(14)5-6-11(10)15/h5-7H,8,15H2,1-4H3,(H,16,18). The highest BCUT2D eigenvalue weighted by Crippen LogP contribution is 2.18. The lowest BCUT2D eigenvalue weighted by Gasteiger charge is -2.32. The number of nitrogens with zero attached hydrogens (tertiary/aromatic N) is 1. The molecule has 0 saturated carbocycles. The first kappa shape index (κ1) is 15.0. The van der Waals surface area contributed by atoms with Crippen LogP contribution in [-0.4, -0.2) is 37.0 Å². The van der Waals surface area contributed by atoms with Gasteiger partial charge in [-0.25, -0.2) is 0 Å². The molecule has 0 radical (unpaired) electrons. The predicted molar refractivity (Wildman–Crippen MR) is 78.7 cm³/mol. The smallest absolute Gasteiger partial charge is 0.253 e. The summed E-state index contributed by atoms with van der Waals surface area (Å²) in [5, 5.41) is 2.91. The quantitative estimate of drug-likeness (QED) is 0.837. The van der Waals surface area contributed by atoms with Crippen LogP contribution in [0.25, 0.3) is 0 Å². The average Bonchev–Trinajstić information content (AvgIpc) is 2.29. The first-order chi connectivity index (χ1) is 8.24. The second-order valence-corrected chi connectivity index (χ2v) is 6.04. The number of likely N-dealkylation sites (N-methyl/N-ethyl adjacent to an activating group) is 1. The van der Waals surface area contributed by atoms with Crippen LogP contribution in [0.4, 0.5) is 5.69 Å².